The summed E-state index contributed by atoms with van der Waals surface area (Å²) in [5.74, 6) is -0.240. The number of piperidine rings is 2. The van der Waals surface area contributed by atoms with E-state index in [1.165, 1.54) is 11.6 Å². The van der Waals surface area contributed by atoms with Gasteiger partial charge in [-0.25, -0.2) is 0 Å². The van der Waals surface area contributed by atoms with Crippen LogP contribution in [0.3, 0.4) is 0 Å². The summed E-state index contributed by atoms with van der Waals surface area (Å²) in [6.07, 6.45) is 6.65. The summed E-state index contributed by atoms with van der Waals surface area (Å²) in [6, 6.07) is 15.1. The van der Waals surface area contributed by atoms with E-state index in [9.17, 15) is 14.4 Å². The Morgan fingerprint density at radius 1 is 0.980 bits per heavy atom. The Bertz CT molecular complexity index is 1700. The highest BCUT2D eigenvalue weighted by Gasteiger charge is 2.28. The quantitative estimate of drug-likeness (QED) is 0.206. The minimum Gasteiger partial charge on any atom is -0.378 e. The van der Waals surface area contributed by atoms with E-state index in [1.54, 1.807) is 0 Å². The minimum atomic E-state index is -0.213. The molecule has 3 aromatic rings. The molecule has 0 spiro atoms. The highest BCUT2D eigenvalue weighted by atomic mass is 16.5. The second-order valence-corrected chi connectivity index (χ2v) is 13.9. The molecule has 1 aromatic heterocycles. The van der Waals surface area contributed by atoms with Crippen LogP contribution in [0.15, 0.2) is 59.9 Å². The molecule has 2 saturated heterocycles. The molecule has 0 saturated carbocycles. The van der Waals surface area contributed by atoms with Gasteiger partial charge in [-0.2, -0.15) is 0 Å². The summed E-state index contributed by atoms with van der Waals surface area (Å²) in [6.45, 7) is 19.8. The van der Waals surface area contributed by atoms with Gasteiger partial charge < -0.3 is 24.8 Å². The Labute approximate surface area is 297 Å². The van der Waals surface area contributed by atoms with Gasteiger partial charge in [0, 0.05) is 81.0 Å². The number of nitrogens with one attached hydrogen (secondary N) is 2. The van der Waals surface area contributed by atoms with Crippen LogP contribution in [0.4, 0.5) is 5.69 Å². The topological polar surface area (TPSA) is 98.0 Å². The number of amides is 2. The van der Waals surface area contributed by atoms with Gasteiger partial charge in [-0.1, -0.05) is 37.8 Å². The molecule has 2 N–H and O–H groups in total. The lowest BCUT2D eigenvalue weighted by molar-refractivity contribution is -0.127. The number of hydrogen-bond acceptors (Lipinski definition) is 6. The molecular formula is C41H55N5O4. The first-order valence-corrected chi connectivity index (χ1v) is 18.3. The first kappa shape index (κ1) is 37.1. The highest BCUT2D eigenvalue weighted by molar-refractivity contribution is 5.99. The number of anilines is 1. The van der Waals surface area contributed by atoms with Crippen LogP contribution < -0.4 is 15.8 Å². The molecule has 2 aromatic carbocycles. The van der Waals surface area contributed by atoms with Gasteiger partial charge >= 0.3 is 0 Å². The predicted octanol–water partition coefficient (Wildman–Crippen LogP) is 6.29. The molecule has 0 unspecified atom stereocenters. The van der Waals surface area contributed by atoms with E-state index >= 15 is 0 Å². The van der Waals surface area contributed by atoms with Crippen molar-refractivity contribution in [3.8, 4) is 11.1 Å². The van der Waals surface area contributed by atoms with Crippen LogP contribution in [0.25, 0.3) is 11.1 Å². The number of H-pyrrole nitrogens is 1. The average molecular weight is 682 g/mol. The first-order chi connectivity index (χ1) is 24.1. The summed E-state index contributed by atoms with van der Waals surface area (Å²) in [7, 11) is 0. The lowest BCUT2D eigenvalue weighted by Gasteiger charge is -2.40. The Morgan fingerprint density at radius 3 is 2.30 bits per heavy atom. The maximum atomic E-state index is 13.9. The van der Waals surface area contributed by atoms with Crippen molar-refractivity contribution in [2.75, 3.05) is 44.2 Å². The number of hydrogen-bond donors (Lipinski definition) is 2. The average Bonchev–Trinajstić information content (AvgIpc) is 3.12. The molecule has 9 nitrogen and oxygen atoms in total. The standard InChI is InChI=1S/C41H55N5O4/c1-7-22-50-35-16-18-44(19-17-35)27-31-10-12-32(13-11-31)33-24-36(40(48)42-26-37-28(4)23-29(5)43-41(37)49)30(6)38(25-33)46(9-3)34-14-20-45(21-15-34)39(47)8-2/h8,10-13,23-25,34-35H,2,7,9,14-22,26-27H2,1,3-6H3,(H,42,48)(H,43,49). The number of aromatic nitrogens is 1. The Hall–Kier alpha value is -4.21. The first-order valence-electron chi connectivity index (χ1n) is 18.3. The number of pyridine rings is 1. The lowest BCUT2D eigenvalue weighted by atomic mass is 9.94. The van der Waals surface area contributed by atoms with Crippen LogP contribution >= 0.6 is 0 Å². The van der Waals surface area contributed by atoms with Crippen molar-refractivity contribution in [1.29, 1.82) is 0 Å². The fraction of sp³-hybridized carbons (Fsp3) is 0.488. The number of carbonyl (C=O) groups is 2. The van der Waals surface area contributed by atoms with Crippen molar-refractivity contribution in [2.24, 2.45) is 0 Å². The largest absolute Gasteiger partial charge is 0.378 e. The Morgan fingerprint density at radius 2 is 1.68 bits per heavy atom. The molecule has 3 heterocycles. The number of likely N-dealkylation sites (tertiary alicyclic amines) is 2. The zero-order valence-corrected chi connectivity index (χ0v) is 30.6. The van der Waals surface area contributed by atoms with Crippen molar-refractivity contribution in [1.82, 2.24) is 20.1 Å². The van der Waals surface area contributed by atoms with Gasteiger partial charge in [-0.3, -0.25) is 19.3 Å². The van der Waals surface area contributed by atoms with E-state index in [2.05, 4.69) is 70.9 Å². The van der Waals surface area contributed by atoms with Crippen molar-refractivity contribution >= 4 is 17.5 Å². The molecule has 0 atom stereocenters. The molecule has 0 bridgehead atoms. The van der Waals surface area contributed by atoms with E-state index in [-0.39, 0.29) is 30.0 Å². The van der Waals surface area contributed by atoms with Crippen molar-refractivity contribution in [3.05, 3.63) is 99.0 Å². The number of nitrogens with zero attached hydrogens (tertiary/aromatic N) is 3. The van der Waals surface area contributed by atoms with E-state index in [1.807, 2.05) is 37.8 Å². The summed E-state index contributed by atoms with van der Waals surface area (Å²) in [4.78, 5) is 48.6. The number of ether oxygens (including phenoxy) is 1. The van der Waals surface area contributed by atoms with Gasteiger partial charge in [0.25, 0.3) is 11.5 Å². The SMILES string of the molecule is C=CC(=O)N1CCC(N(CC)c2cc(-c3ccc(CN4CCC(OCCC)CC4)cc3)cc(C(=O)NCc3c(C)cc(C)[nH]c3=O)c2C)CC1. The van der Waals surface area contributed by atoms with E-state index < -0.39 is 0 Å². The van der Waals surface area contributed by atoms with E-state index in [0.717, 1.165) is 98.5 Å². The lowest BCUT2D eigenvalue weighted by Crippen LogP contribution is -2.46. The molecule has 2 aliphatic heterocycles. The third kappa shape index (κ3) is 8.92. The van der Waals surface area contributed by atoms with Gasteiger partial charge in [0.1, 0.15) is 0 Å². The molecule has 268 valence electrons. The minimum absolute atomic E-state index is 0.0276. The molecule has 5 rings (SSSR count). The van der Waals surface area contributed by atoms with Crippen molar-refractivity contribution in [2.45, 2.75) is 92.0 Å². The van der Waals surface area contributed by atoms with Gasteiger partial charge in [-0.15, -0.1) is 0 Å². The monoisotopic (exact) mass is 681 g/mol. The number of carbonyl (C=O) groups excluding carboxylic acids is 2. The maximum absolute atomic E-state index is 13.9. The predicted molar refractivity (Wildman–Crippen MR) is 202 cm³/mol. The molecular weight excluding hydrogens is 626 g/mol. The van der Waals surface area contributed by atoms with Gasteiger partial charge in [0.2, 0.25) is 5.91 Å². The number of rotatable bonds is 13. The Balaban J connectivity index is 1.40. The summed E-state index contributed by atoms with van der Waals surface area (Å²) in [5.41, 5.74) is 7.81. The van der Waals surface area contributed by atoms with Gasteiger partial charge in [0.05, 0.1) is 6.10 Å². The zero-order chi connectivity index (χ0) is 35.8. The number of benzene rings is 2. The smallest absolute Gasteiger partial charge is 0.253 e. The number of aromatic amines is 1. The molecule has 0 aliphatic carbocycles. The molecule has 2 aliphatic rings. The van der Waals surface area contributed by atoms with Crippen LogP contribution in [-0.2, 0) is 22.6 Å². The molecule has 2 amide bonds. The highest BCUT2D eigenvalue weighted by Crippen LogP contribution is 2.34. The Kier molecular flexibility index (Phi) is 12.7. The normalized spacial score (nSPS) is 16.0. The van der Waals surface area contributed by atoms with Crippen LogP contribution in [0.5, 0.6) is 0 Å². The van der Waals surface area contributed by atoms with E-state index in [4.69, 9.17) is 4.74 Å². The van der Waals surface area contributed by atoms with Crippen molar-refractivity contribution < 1.29 is 14.3 Å². The van der Waals surface area contributed by atoms with E-state index in [0.29, 0.717) is 30.3 Å². The van der Waals surface area contributed by atoms with Gasteiger partial charge in [-0.05, 0) is 112 Å². The molecule has 0 radical (unpaired) electrons. The third-order valence-electron chi connectivity index (χ3n) is 10.4. The van der Waals surface area contributed by atoms with Gasteiger partial charge in [0.15, 0.2) is 0 Å². The second-order valence-electron chi connectivity index (χ2n) is 13.9. The fourth-order valence-corrected chi connectivity index (χ4v) is 7.50. The molecule has 9 heteroatoms. The van der Waals surface area contributed by atoms with Crippen LogP contribution in [0.2, 0.25) is 0 Å². The summed E-state index contributed by atoms with van der Waals surface area (Å²) < 4.78 is 5.98. The molecule has 50 heavy (non-hydrogen) atoms. The van der Waals surface area contributed by atoms with Crippen molar-refractivity contribution in [3.63, 3.8) is 0 Å². The number of aryl methyl sites for hydroxylation is 2. The van der Waals surface area contributed by atoms with Crippen LogP contribution in [0.1, 0.15) is 84.3 Å². The van der Waals surface area contributed by atoms with Crippen LogP contribution in [-0.4, -0.2) is 78.1 Å². The zero-order valence-electron chi connectivity index (χ0n) is 30.6. The second kappa shape index (κ2) is 17.1. The maximum Gasteiger partial charge on any atom is 0.253 e. The summed E-state index contributed by atoms with van der Waals surface area (Å²) in [5, 5.41) is 3.05. The summed E-state index contributed by atoms with van der Waals surface area (Å²) >= 11 is 0. The van der Waals surface area contributed by atoms with Crippen LogP contribution in [0, 0.1) is 20.8 Å². The molecule has 2 fully saturated rings. The fourth-order valence-electron chi connectivity index (χ4n) is 7.50. The third-order valence-corrected chi connectivity index (χ3v) is 10.4.